The number of nitrogens with two attached hydrogens (primary N) is 1. The van der Waals surface area contributed by atoms with Gasteiger partial charge in [-0.1, -0.05) is 30.4 Å². The highest BCUT2D eigenvalue weighted by atomic mass is 32.1. The van der Waals surface area contributed by atoms with Crippen molar-refractivity contribution in [3.8, 4) is 0 Å². The molecular formula is C17H22N2O4S. The zero-order valence-corrected chi connectivity index (χ0v) is 14.8. The predicted molar refractivity (Wildman–Crippen MR) is 93.8 cm³/mol. The van der Waals surface area contributed by atoms with Crippen molar-refractivity contribution in [2.75, 3.05) is 6.54 Å². The Morgan fingerprint density at radius 3 is 2.42 bits per heavy atom. The molecule has 130 valence electrons. The molecule has 1 aromatic carbocycles. The van der Waals surface area contributed by atoms with Gasteiger partial charge in [0.05, 0.1) is 23.1 Å². The molecule has 0 spiro atoms. The number of carbonyl (C=O) groups is 2. The number of thiocarbonyl (C=S) groups is 1. The highest BCUT2D eigenvalue weighted by Crippen LogP contribution is 2.24. The van der Waals surface area contributed by atoms with Gasteiger partial charge in [-0.25, -0.2) is 9.59 Å². The number of rotatable bonds is 3. The maximum absolute atomic E-state index is 12.3. The number of likely N-dealkylation sites (tertiary alicyclic amines) is 1. The van der Waals surface area contributed by atoms with E-state index in [1.807, 2.05) is 6.07 Å². The average molecular weight is 350 g/mol. The first-order valence-corrected chi connectivity index (χ1v) is 8.13. The van der Waals surface area contributed by atoms with Crippen LogP contribution in [0, 0.1) is 0 Å². The van der Waals surface area contributed by atoms with Gasteiger partial charge in [-0.3, -0.25) is 4.90 Å². The molecule has 0 aliphatic carbocycles. The van der Waals surface area contributed by atoms with E-state index in [1.54, 1.807) is 45.0 Å². The number of nitrogens with zero attached hydrogens (tertiary/aromatic N) is 1. The molecule has 2 N–H and O–H groups in total. The molecule has 0 bridgehead atoms. The van der Waals surface area contributed by atoms with Gasteiger partial charge >= 0.3 is 12.1 Å². The van der Waals surface area contributed by atoms with Gasteiger partial charge in [0.15, 0.2) is 0 Å². The van der Waals surface area contributed by atoms with Gasteiger partial charge in [-0.05, 0) is 32.9 Å². The van der Waals surface area contributed by atoms with Crippen LogP contribution in [-0.4, -0.2) is 46.2 Å². The number of ether oxygens (including phenoxy) is 2. The Kier molecular flexibility index (Phi) is 5.43. The molecule has 24 heavy (non-hydrogen) atoms. The summed E-state index contributed by atoms with van der Waals surface area (Å²) in [5.41, 5.74) is 5.57. The summed E-state index contributed by atoms with van der Waals surface area (Å²) >= 11 is 5.04. The van der Waals surface area contributed by atoms with Crippen LogP contribution in [0.15, 0.2) is 30.3 Å². The number of benzene rings is 1. The van der Waals surface area contributed by atoms with Gasteiger partial charge in [0, 0.05) is 6.42 Å². The van der Waals surface area contributed by atoms with Gasteiger partial charge in [0.2, 0.25) is 0 Å². The Morgan fingerprint density at radius 1 is 1.25 bits per heavy atom. The number of amides is 1. The van der Waals surface area contributed by atoms with Crippen molar-refractivity contribution in [3.05, 3.63) is 35.9 Å². The fourth-order valence-corrected chi connectivity index (χ4v) is 2.69. The third-order valence-corrected chi connectivity index (χ3v) is 3.77. The Hall–Kier alpha value is -2.15. The maximum atomic E-state index is 12.3. The van der Waals surface area contributed by atoms with Gasteiger partial charge in [-0.15, -0.1) is 0 Å². The van der Waals surface area contributed by atoms with E-state index in [9.17, 15) is 9.59 Å². The molecular weight excluding hydrogens is 328 g/mol. The smallest absolute Gasteiger partial charge is 0.411 e. The monoisotopic (exact) mass is 350 g/mol. The molecule has 1 aliphatic heterocycles. The van der Waals surface area contributed by atoms with Crippen molar-refractivity contribution in [2.24, 2.45) is 5.73 Å². The van der Waals surface area contributed by atoms with Crippen molar-refractivity contribution < 1.29 is 19.1 Å². The van der Waals surface area contributed by atoms with Gasteiger partial charge < -0.3 is 15.2 Å². The van der Waals surface area contributed by atoms with Crippen LogP contribution in [0.1, 0.15) is 37.6 Å². The lowest BCUT2D eigenvalue weighted by Crippen LogP contribution is -2.45. The fraction of sp³-hybridized carbons (Fsp3) is 0.471. The Labute approximate surface area is 146 Å². The highest BCUT2D eigenvalue weighted by molar-refractivity contribution is 7.80. The lowest BCUT2D eigenvalue weighted by molar-refractivity contribution is 0.0179. The van der Waals surface area contributed by atoms with Crippen LogP contribution in [0.5, 0.6) is 0 Å². The molecule has 0 saturated carbocycles. The fourth-order valence-electron chi connectivity index (χ4n) is 2.47. The van der Waals surface area contributed by atoms with E-state index in [1.165, 1.54) is 4.90 Å². The normalized spacial score (nSPS) is 20.5. The molecule has 1 fully saturated rings. The number of hydrogen-bond donors (Lipinski definition) is 1. The van der Waals surface area contributed by atoms with Crippen LogP contribution in [0.25, 0.3) is 0 Å². The summed E-state index contributed by atoms with van der Waals surface area (Å²) in [6.45, 7) is 5.55. The zero-order valence-electron chi connectivity index (χ0n) is 14.0. The first-order valence-electron chi connectivity index (χ1n) is 7.72. The quantitative estimate of drug-likeness (QED) is 0.666. The van der Waals surface area contributed by atoms with E-state index in [0.717, 1.165) is 0 Å². The van der Waals surface area contributed by atoms with Crippen LogP contribution in [0.4, 0.5) is 4.79 Å². The van der Waals surface area contributed by atoms with Crippen LogP contribution in [0.2, 0.25) is 0 Å². The largest absolute Gasteiger partial charge is 0.457 e. The van der Waals surface area contributed by atoms with E-state index in [-0.39, 0.29) is 11.5 Å². The lowest BCUT2D eigenvalue weighted by Gasteiger charge is -2.27. The molecule has 2 atom stereocenters. The Bertz CT molecular complexity index is 627. The molecule has 1 aromatic rings. The molecule has 0 aromatic heterocycles. The number of hydrogen-bond acceptors (Lipinski definition) is 5. The van der Waals surface area contributed by atoms with E-state index >= 15 is 0 Å². The lowest BCUT2D eigenvalue weighted by atomic mass is 10.2. The molecule has 2 rings (SSSR count). The van der Waals surface area contributed by atoms with Crippen LogP contribution in [-0.2, 0) is 9.47 Å². The zero-order chi connectivity index (χ0) is 17.9. The first kappa shape index (κ1) is 18.2. The third kappa shape index (κ3) is 4.67. The number of carbonyl (C=O) groups excluding carboxylic acids is 2. The summed E-state index contributed by atoms with van der Waals surface area (Å²) in [5.74, 6) is -0.437. The molecule has 7 heteroatoms. The summed E-state index contributed by atoms with van der Waals surface area (Å²) in [7, 11) is 0. The van der Waals surface area contributed by atoms with Crippen molar-refractivity contribution in [1.82, 2.24) is 4.90 Å². The Balaban J connectivity index is 2.05. The third-order valence-electron chi connectivity index (χ3n) is 3.50. The minimum atomic E-state index is -0.628. The second-order valence-corrected chi connectivity index (χ2v) is 7.15. The summed E-state index contributed by atoms with van der Waals surface area (Å²) < 4.78 is 10.9. The topological polar surface area (TPSA) is 81.9 Å². The van der Waals surface area contributed by atoms with Crippen molar-refractivity contribution in [3.63, 3.8) is 0 Å². The molecule has 6 nitrogen and oxygen atoms in total. The van der Waals surface area contributed by atoms with Gasteiger partial charge in [0.25, 0.3) is 0 Å². The van der Waals surface area contributed by atoms with E-state index in [0.29, 0.717) is 12.0 Å². The van der Waals surface area contributed by atoms with Crippen LogP contribution in [0.3, 0.4) is 0 Å². The van der Waals surface area contributed by atoms with E-state index in [4.69, 9.17) is 27.4 Å². The Morgan fingerprint density at radius 2 is 1.88 bits per heavy atom. The van der Waals surface area contributed by atoms with E-state index < -0.39 is 29.8 Å². The summed E-state index contributed by atoms with van der Waals surface area (Å²) in [6, 6.07) is 8.21. The van der Waals surface area contributed by atoms with Gasteiger partial charge in [0.1, 0.15) is 11.7 Å². The first-order chi connectivity index (χ1) is 11.2. The minimum absolute atomic E-state index is 0.180. The van der Waals surface area contributed by atoms with Crippen molar-refractivity contribution in [1.29, 1.82) is 0 Å². The number of esters is 1. The van der Waals surface area contributed by atoms with Gasteiger partial charge in [-0.2, -0.15) is 0 Å². The molecule has 1 heterocycles. The highest BCUT2D eigenvalue weighted by Gasteiger charge is 2.40. The van der Waals surface area contributed by atoms with E-state index in [2.05, 4.69) is 0 Å². The SMILES string of the molecule is CC(C)(C)OC(=O)N1C[C@@H](OC(=O)c2ccccc2)C[C@H]1C(N)=S. The molecule has 0 radical (unpaired) electrons. The maximum Gasteiger partial charge on any atom is 0.411 e. The predicted octanol–water partition coefficient (Wildman–Crippen LogP) is 2.51. The molecule has 0 unspecified atom stereocenters. The molecule has 1 amide bonds. The summed E-state index contributed by atoms with van der Waals surface area (Å²) in [5, 5.41) is 0. The van der Waals surface area contributed by atoms with Crippen LogP contribution >= 0.6 is 12.2 Å². The van der Waals surface area contributed by atoms with Crippen LogP contribution < -0.4 is 5.73 Å². The second-order valence-electron chi connectivity index (χ2n) is 6.68. The van der Waals surface area contributed by atoms with Crippen molar-refractivity contribution >= 4 is 29.3 Å². The summed E-state index contributed by atoms with van der Waals surface area (Å²) in [6.07, 6.45) is -0.622. The molecule has 1 aliphatic rings. The van der Waals surface area contributed by atoms with Crippen molar-refractivity contribution in [2.45, 2.75) is 44.9 Å². The molecule has 1 saturated heterocycles. The second kappa shape index (κ2) is 7.17. The minimum Gasteiger partial charge on any atom is -0.457 e. The standard InChI is InChI=1S/C17H22N2O4S/c1-17(2,3)23-16(21)19-10-12(9-13(19)14(18)24)22-15(20)11-7-5-4-6-8-11/h4-8,12-13H,9-10H2,1-3H3,(H2,18,24)/t12-,13-/m0/s1. The summed E-state index contributed by atoms with van der Waals surface area (Å²) in [4.78, 5) is 26.1. The average Bonchev–Trinajstić information content (AvgIpc) is 2.90.